The summed E-state index contributed by atoms with van der Waals surface area (Å²) in [6, 6.07) is 19.2. The summed E-state index contributed by atoms with van der Waals surface area (Å²) in [5, 5.41) is 2.89. The highest BCUT2D eigenvalue weighted by molar-refractivity contribution is 6.01. The molecule has 2 fully saturated rings. The Kier molecular flexibility index (Phi) is 10.5. The van der Waals surface area contributed by atoms with Crippen LogP contribution in [0, 0.1) is 0 Å². The van der Waals surface area contributed by atoms with Crippen molar-refractivity contribution in [2.45, 2.75) is 82.9 Å². The minimum atomic E-state index is -0.869. The zero-order chi connectivity index (χ0) is 27.5. The van der Waals surface area contributed by atoms with Gasteiger partial charge in [-0.05, 0) is 56.2 Å². The number of nitrogens with zero attached hydrogens (tertiary/aromatic N) is 2. The first kappa shape index (κ1) is 28.8. The van der Waals surface area contributed by atoms with Crippen molar-refractivity contribution in [2.24, 2.45) is 0 Å². The molecule has 1 unspecified atom stereocenters. The van der Waals surface area contributed by atoms with E-state index in [4.69, 9.17) is 4.74 Å². The Labute approximate surface area is 232 Å². The van der Waals surface area contributed by atoms with E-state index in [1.807, 2.05) is 37.3 Å². The van der Waals surface area contributed by atoms with Crippen molar-refractivity contribution in [3.8, 4) is 0 Å². The van der Waals surface area contributed by atoms with Crippen molar-refractivity contribution >= 4 is 17.8 Å². The summed E-state index contributed by atoms with van der Waals surface area (Å²) in [4.78, 5) is 43.6. The van der Waals surface area contributed by atoms with Crippen LogP contribution in [0.4, 0.5) is 0 Å². The third kappa shape index (κ3) is 7.69. The SMILES string of the molecule is CCCN1C(=O)C(CC(=O)OCc2ccccc2)NC(=O)C12CCN(CCCCCCc1ccccc1)CC2. The molecule has 0 radical (unpaired) electrons. The Morgan fingerprint density at radius 1 is 0.897 bits per heavy atom. The molecule has 0 bridgehead atoms. The van der Waals surface area contributed by atoms with Gasteiger partial charge in [-0.3, -0.25) is 14.4 Å². The van der Waals surface area contributed by atoms with Crippen LogP contribution in [0.5, 0.6) is 0 Å². The Balaban J connectivity index is 1.23. The van der Waals surface area contributed by atoms with Crippen molar-refractivity contribution in [2.75, 3.05) is 26.2 Å². The maximum atomic E-state index is 13.5. The highest BCUT2D eigenvalue weighted by Gasteiger charge is 2.53. The van der Waals surface area contributed by atoms with Crippen molar-refractivity contribution < 1.29 is 19.1 Å². The number of nitrogens with one attached hydrogen (secondary N) is 1. The first-order valence-corrected chi connectivity index (χ1v) is 14.6. The number of ether oxygens (including phenoxy) is 1. The molecule has 2 saturated heterocycles. The molecule has 7 nitrogen and oxygen atoms in total. The second-order valence-electron chi connectivity index (χ2n) is 10.9. The van der Waals surface area contributed by atoms with Gasteiger partial charge in [0.2, 0.25) is 11.8 Å². The third-order valence-corrected chi connectivity index (χ3v) is 8.09. The number of amides is 2. The molecule has 0 aromatic heterocycles. The predicted octanol–water partition coefficient (Wildman–Crippen LogP) is 4.49. The molecule has 7 heteroatoms. The zero-order valence-corrected chi connectivity index (χ0v) is 23.3. The molecule has 2 amide bonds. The fraction of sp³-hybridized carbons (Fsp3) is 0.531. The van der Waals surface area contributed by atoms with E-state index in [-0.39, 0.29) is 24.8 Å². The number of carbonyl (C=O) groups excluding carboxylic acids is 3. The number of rotatable bonds is 13. The zero-order valence-electron chi connectivity index (χ0n) is 23.3. The lowest BCUT2D eigenvalue weighted by molar-refractivity contribution is -0.163. The Morgan fingerprint density at radius 3 is 2.21 bits per heavy atom. The fourth-order valence-corrected chi connectivity index (χ4v) is 5.83. The van der Waals surface area contributed by atoms with Crippen LogP contribution < -0.4 is 5.32 Å². The normalized spacial score (nSPS) is 19.2. The van der Waals surface area contributed by atoms with Crippen LogP contribution >= 0.6 is 0 Å². The Bertz CT molecular complexity index is 1070. The van der Waals surface area contributed by atoms with Gasteiger partial charge in [-0.2, -0.15) is 0 Å². The quantitative estimate of drug-likeness (QED) is 0.303. The Morgan fingerprint density at radius 2 is 1.54 bits per heavy atom. The maximum Gasteiger partial charge on any atom is 0.308 e. The van der Waals surface area contributed by atoms with Gasteiger partial charge in [0.05, 0.1) is 6.42 Å². The molecular formula is C32H43N3O4. The van der Waals surface area contributed by atoms with Crippen LogP contribution in [0.1, 0.15) is 69.4 Å². The van der Waals surface area contributed by atoms with Gasteiger partial charge in [-0.15, -0.1) is 0 Å². The number of esters is 1. The van der Waals surface area contributed by atoms with Gasteiger partial charge in [-0.25, -0.2) is 0 Å². The second-order valence-corrected chi connectivity index (χ2v) is 10.9. The van der Waals surface area contributed by atoms with Crippen LogP contribution in [0.15, 0.2) is 60.7 Å². The number of hydrogen-bond acceptors (Lipinski definition) is 5. The number of unbranched alkanes of at least 4 members (excludes halogenated alkanes) is 3. The first-order valence-electron chi connectivity index (χ1n) is 14.6. The molecule has 0 aliphatic carbocycles. The molecule has 39 heavy (non-hydrogen) atoms. The number of piperidine rings is 1. The molecule has 1 N–H and O–H groups in total. The number of carbonyl (C=O) groups is 3. The van der Waals surface area contributed by atoms with Crippen molar-refractivity contribution in [1.29, 1.82) is 0 Å². The van der Waals surface area contributed by atoms with Gasteiger partial charge in [0.1, 0.15) is 18.2 Å². The number of benzene rings is 2. The van der Waals surface area contributed by atoms with Gasteiger partial charge in [0.15, 0.2) is 0 Å². The van der Waals surface area contributed by atoms with Gasteiger partial charge < -0.3 is 19.9 Å². The summed E-state index contributed by atoms with van der Waals surface area (Å²) in [7, 11) is 0. The first-order chi connectivity index (χ1) is 19.0. The van der Waals surface area contributed by atoms with Crippen LogP contribution in [-0.2, 0) is 32.1 Å². The third-order valence-electron chi connectivity index (χ3n) is 8.09. The maximum absolute atomic E-state index is 13.5. The molecule has 1 atom stereocenters. The molecule has 0 saturated carbocycles. The van der Waals surface area contributed by atoms with Gasteiger partial charge >= 0.3 is 5.97 Å². The molecule has 2 aliphatic heterocycles. The molecule has 2 aromatic carbocycles. The average Bonchev–Trinajstić information content (AvgIpc) is 2.97. The topological polar surface area (TPSA) is 79.0 Å². The number of piperazine rings is 1. The molecule has 2 aliphatic rings. The number of aryl methyl sites for hydroxylation is 1. The van der Waals surface area contributed by atoms with Gasteiger partial charge in [-0.1, -0.05) is 80.4 Å². The van der Waals surface area contributed by atoms with Crippen LogP contribution in [-0.4, -0.2) is 65.3 Å². The second kappa shape index (κ2) is 14.3. The van der Waals surface area contributed by atoms with Gasteiger partial charge in [0.25, 0.3) is 0 Å². The average molecular weight is 534 g/mol. The van der Waals surface area contributed by atoms with Crippen LogP contribution in [0.2, 0.25) is 0 Å². The van der Waals surface area contributed by atoms with E-state index < -0.39 is 17.6 Å². The summed E-state index contributed by atoms with van der Waals surface area (Å²) in [6.45, 7) is 5.32. The minimum Gasteiger partial charge on any atom is -0.461 e. The summed E-state index contributed by atoms with van der Waals surface area (Å²) in [5.74, 6) is -0.777. The molecule has 2 heterocycles. The lowest BCUT2D eigenvalue weighted by Gasteiger charge is -2.51. The summed E-state index contributed by atoms with van der Waals surface area (Å²) >= 11 is 0. The highest BCUT2D eigenvalue weighted by atomic mass is 16.5. The van der Waals surface area contributed by atoms with Gasteiger partial charge in [0, 0.05) is 19.6 Å². The van der Waals surface area contributed by atoms with E-state index in [0.717, 1.165) is 44.5 Å². The summed E-state index contributed by atoms with van der Waals surface area (Å²) < 4.78 is 5.38. The molecule has 1 spiro atoms. The predicted molar refractivity (Wildman–Crippen MR) is 152 cm³/mol. The lowest BCUT2D eigenvalue weighted by atomic mass is 9.81. The van der Waals surface area contributed by atoms with E-state index in [2.05, 4.69) is 40.5 Å². The molecule has 4 rings (SSSR count). The van der Waals surface area contributed by atoms with E-state index in [9.17, 15) is 14.4 Å². The molecular weight excluding hydrogens is 490 g/mol. The fourth-order valence-electron chi connectivity index (χ4n) is 5.83. The number of hydrogen-bond donors (Lipinski definition) is 1. The van der Waals surface area contributed by atoms with E-state index in [1.165, 1.54) is 24.8 Å². The summed E-state index contributed by atoms with van der Waals surface area (Å²) in [5.41, 5.74) is 1.47. The van der Waals surface area contributed by atoms with E-state index >= 15 is 0 Å². The largest absolute Gasteiger partial charge is 0.461 e. The van der Waals surface area contributed by atoms with E-state index in [1.54, 1.807) is 4.90 Å². The minimum absolute atomic E-state index is 0.128. The van der Waals surface area contributed by atoms with Crippen molar-refractivity contribution in [3.63, 3.8) is 0 Å². The lowest BCUT2D eigenvalue weighted by Crippen LogP contribution is -2.73. The smallest absolute Gasteiger partial charge is 0.308 e. The molecule has 2 aromatic rings. The van der Waals surface area contributed by atoms with Crippen LogP contribution in [0.3, 0.4) is 0 Å². The number of likely N-dealkylation sites (tertiary alicyclic amines) is 1. The Hall–Kier alpha value is -3.19. The van der Waals surface area contributed by atoms with E-state index in [0.29, 0.717) is 19.4 Å². The van der Waals surface area contributed by atoms with Crippen molar-refractivity contribution in [3.05, 3.63) is 71.8 Å². The monoisotopic (exact) mass is 533 g/mol. The summed E-state index contributed by atoms with van der Waals surface area (Å²) in [6.07, 6.45) is 7.80. The molecule has 210 valence electrons. The standard InChI is InChI=1S/C32H43N3O4/c1-2-20-35-30(37)28(24-29(36)39-25-27-16-10-6-11-17-27)33-31(38)32(35)18-22-34(23-19-32)21-12-4-3-7-13-26-14-8-5-9-15-26/h5-6,8-11,14-17,28H,2-4,7,12-13,18-25H2,1H3,(H,33,38). The van der Waals surface area contributed by atoms with Crippen molar-refractivity contribution in [1.82, 2.24) is 15.1 Å². The van der Waals surface area contributed by atoms with Crippen LogP contribution in [0.25, 0.3) is 0 Å². The highest BCUT2D eigenvalue weighted by Crippen LogP contribution is 2.34.